The molecule has 1 aromatic heterocycles. The van der Waals surface area contributed by atoms with E-state index in [4.69, 9.17) is 5.26 Å². The van der Waals surface area contributed by atoms with Crippen LogP contribution < -0.4 is 4.90 Å². The summed E-state index contributed by atoms with van der Waals surface area (Å²) in [6.45, 7) is 5.79. The van der Waals surface area contributed by atoms with Crippen LogP contribution >= 0.6 is 0 Å². The van der Waals surface area contributed by atoms with Crippen LogP contribution in [0.2, 0.25) is 0 Å². The SMILES string of the molecule is CCN(Cc1cccnc1C#N)c1ccc(C)cc1. The van der Waals surface area contributed by atoms with Gasteiger partial charge in [0.1, 0.15) is 11.8 Å². The summed E-state index contributed by atoms with van der Waals surface area (Å²) in [7, 11) is 0. The summed E-state index contributed by atoms with van der Waals surface area (Å²) < 4.78 is 0. The summed E-state index contributed by atoms with van der Waals surface area (Å²) in [4.78, 5) is 6.34. The fraction of sp³-hybridized carbons (Fsp3) is 0.250. The van der Waals surface area contributed by atoms with E-state index >= 15 is 0 Å². The van der Waals surface area contributed by atoms with E-state index in [0.29, 0.717) is 12.2 Å². The van der Waals surface area contributed by atoms with Gasteiger partial charge < -0.3 is 4.90 Å². The summed E-state index contributed by atoms with van der Waals surface area (Å²) in [5.41, 5.74) is 3.89. The van der Waals surface area contributed by atoms with Crippen LogP contribution in [-0.4, -0.2) is 11.5 Å². The van der Waals surface area contributed by atoms with Crippen LogP contribution in [-0.2, 0) is 6.54 Å². The standard InChI is InChI=1S/C16H17N3/c1-3-19(15-8-6-13(2)7-9-15)12-14-5-4-10-18-16(14)11-17/h4-10H,3,12H2,1-2H3. The van der Waals surface area contributed by atoms with Crippen LogP contribution in [0.15, 0.2) is 42.6 Å². The van der Waals surface area contributed by atoms with Crippen LogP contribution in [0.1, 0.15) is 23.7 Å². The number of rotatable bonds is 4. The number of nitrogens with zero attached hydrogens (tertiary/aromatic N) is 3. The third kappa shape index (κ3) is 3.11. The number of nitriles is 1. The number of pyridine rings is 1. The molecule has 0 saturated heterocycles. The molecule has 96 valence electrons. The number of hydrogen-bond donors (Lipinski definition) is 0. The molecule has 3 nitrogen and oxygen atoms in total. The van der Waals surface area contributed by atoms with Gasteiger partial charge in [-0.3, -0.25) is 0 Å². The van der Waals surface area contributed by atoms with Gasteiger partial charge in [0, 0.05) is 30.5 Å². The molecule has 0 unspecified atom stereocenters. The predicted molar refractivity (Wildman–Crippen MR) is 76.9 cm³/mol. The van der Waals surface area contributed by atoms with E-state index in [1.165, 1.54) is 11.3 Å². The first-order valence-electron chi connectivity index (χ1n) is 6.40. The maximum absolute atomic E-state index is 9.08. The van der Waals surface area contributed by atoms with E-state index in [-0.39, 0.29) is 0 Å². The average Bonchev–Trinajstić information content (AvgIpc) is 2.46. The van der Waals surface area contributed by atoms with E-state index in [2.05, 4.69) is 54.1 Å². The molecule has 0 aliphatic rings. The van der Waals surface area contributed by atoms with Gasteiger partial charge in [-0.2, -0.15) is 5.26 Å². The predicted octanol–water partition coefficient (Wildman–Crippen LogP) is 3.29. The summed E-state index contributed by atoms with van der Waals surface area (Å²) >= 11 is 0. The maximum Gasteiger partial charge on any atom is 0.145 e. The van der Waals surface area contributed by atoms with Crippen molar-refractivity contribution in [1.29, 1.82) is 5.26 Å². The lowest BCUT2D eigenvalue weighted by Crippen LogP contribution is -2.22. The Kier molecular flexibility index (Phi) is 4.15. The zero-order valence-electron chi connectivity index (χ0n) is 11.3. The van der Waals surface area contributed by atoms with Gasteiger partial charge in [0.2, 0.25) is 0 Å². The van der Waals surface area contributed by atoms with Crippen molar-refractivity contribution in [2.24, 2.45) is 0 Å². The molecule has 0 aliphatic heterocycles. The monoisotopic (exact) mass is 251 g/mol. The Morgan fingerprint density at radius 1 is 1.21 bits per heavy atom. The summed E-state index contributed by atoms with van der Waals surface area (Å²) in [5.74, 6) is 0. The summed E-state index contributed by atoms with van der Waals surface area (Å²) in [5, 5.41) is 9.08. The number of hydrogen-bond acceptors (Lipinski definition) is 3. The Bertz CT molecular complexity index is 582. The number of aromatic nitrogens is 1. The molecule has 0 amide bonds. The minimum atomic E-state index is 0.507. The molecular weight excluding hydrogens is 234 g/mol. The Balaban J connectivity index is 2.24. The molecule has 1 heterocycles. The highest BCUT2D eigenvalue weighted by Gasteiger charge is 2.08. The Morgan fingerprint density at radius 2 is 1.95 bits per heavy atom. The summed E-state index contributed by atoms with van der Waals surface area (Å²) in [6, 6.07) is 14.4. The number of benzene rings is 1. The van der Waals surface area contributed by atoms with Crippen LogP contribution in [0.5, 0.6) is 0 Å². The van der Waals surface area contributed by atoms with Gasteiger partial charge in [-0.15, -0.1) is 0 Å². The van der Waals surface area contributed by atoms with Gasteiger partial charge in [-0.05, 0) is 32.0 Å². The van der Waals surface area contributed by atoms with E-state index < -0.39 is 0 Å². The fourth-order valence-corrected chi connectivity index (χ4v) is 2.01. The van der Waals surface area contributed by atoms with Crippen molar-refractivity contribution >= 4 is 5.69 Å². The zero-order chi connectivity index (χ0) is 13.7. The summed E-state index contributed by atoms with van der Waals surface area (Å²) in [6.07, 6.45) is 1.66. The molecule has 3 heteroatoms. The highest BCUT2D eigenvalue weighted by molar-refractivity contribution is 5.48. The van der Waals surface area contributed by atoms with E-state index in [0.717, 1.165) is 12.1 Å². The molecule has 0 N–H and O–H groups in total. The molecule has 1 aromatic carbocycles. The highest BCUT2D eigenvalue weighted by atomic mass is 15.1. The molecule has 0 spiro atoms. The molecule has 0 fully saturated rings. The van der Waals surface area contributed by atoms with Crippen molar-refractivity contribution in [3.05, 3.63) is 59.4 Å². The van der Waals surface area contributed by atoms with Crippen LogP contribution in [0.25, 0.3) is 0 Å². The fourth-order valence-electron chi connectivity index (χ4n) is 2.01. The quantitative estimate of drug-likeness (QED) is 0.837. The molecule has 0 bridgehead atoms. The minimum Gasteiger partial charge on any atom is -0.367 e. The first kappa shape index (κ1) is 13.1. The molecule has 0 atom stereocenters. The Morgan fingerprint density at radius 3 is 2.58 bits per heavy atom. The molecule has 0 aliphatic carbocycles. The number of anilines is 1. The molecule has 2 aromatic rings. The average molecular weight is 251 g/mol. The van der Waals surface area contributed by atoms with E-state index in [9.17, 15) is 0 Å². The van der Waals surface area contributed by atoms with E-state index in [1.807, 2.05) is 12.1 Å². The van der Waals surface area contributed by atoms with Gasteiger partial charge in [0.25, 0.3) is 0 Å². The van der Waals surface area contributed by atoms with Gasteiger partial charge in [0.05, 0.1) is 0 Å². The Labute approximate surface area is 114 Å². The van der Waals surface area contributed by atoms with Crippen molar-refractivity contribution in [2.75, 3.05) is 11.4 Å². The van der Waals surface area contributed by atoms with Crippen LogP contribution in [0.3, 0.4) is 0 Å². The third-order valence-corrected chi connectivity index (χ3v) is 3.14. The normalized spacial score (nSPS) is 9.95. The molecule has 0 saturated carbocycles. The lowest BCUT2D eigenvalue weighted by atomic mass is 10.1. The first-order chi connectivity index (χ1) is 9.24. The van der Waals surface area contributed by atoms with Crippen LogP contribution in [0.4, 0.5) is 5.69 Å². The van der Waals surface area contributed by atoms with Crippen molar-refractivity contribution in [3.8, 4) is 6.07 Å². The van der Waals surface area contributed by atoms with Gasteiger partial charge in [-0.1, -0.05) is 23.8 Å². The van der Waals surface area contributed by atoms with Crippen molar-refractivity contribution < 1.29 is 0 Å². The smallest absolute Gasteiger partial charge is 0.145 e. The van der Waals surface area contributed by atoms with E-state index in [1.54, 1.807) is 6.20 Å². The van der Waals surface area contributed by atoms with Gasteiger partial charge in [-0.25, -0.2) is 4.98 Å². The molecule has 19 heavy (non-hydrogen) atoms. The third-order valence-electron chi connectivity index (χ3n) is 3.14. The highest BCUT2D eigenvalue weighted by Crippen LogP contribution is 2.18. The molecule has 0 radical (unpaired) electrons. The molecule has 2 rings (SSSR count). The van der Waals surface area contributed by atoms with Crippen LogP contribution in [0, 0.1) is 18.3 Å². The second kappa shape index (κ2) is 6.01. The second-order valence-corrected chi connectivity index (χ2v) is 4.47. The first-order valence-corrected chi connectivity index (χ1v) is 6.40. The molecular formula is C16H17N3. The Hall–Kier alpha value is -2.34. The van der Waals surface area contributed by atoms with Crippen molar-refractivity contribution in [2.45, 2.75) is 20.4 Å². The zero-order valence-corrected chi connectivity index (χ0v) is 11.3. The maximum atomic E-state index is 9.08. The number of aryl methyl sites for hydroxylation is 1. The lowest BCUT2D eigenvalue weighted by Gasteiger charge is -2.23. The van der Waals surface area contributed by atoms with Crippen molar-refractivity contribution in [3.63, 3.8) is 0 Å². The van der Waals surface area contributed by atoms with Gasteiger partial charge >= 0.3 is 0 Å². The minimum absolute atomic E-state index is 0.507. The lowest BCUT2D eigenvalue weighted by molar-refractivity contribution is 0.825. The topological polar surface area (TPSA) is 39.9 Å². The largest absolute Gasteiger partial charge is 0.367 e. The second-order valence-electron chi connectivity index (χ2n) is 4.47. The van der Waals surface area contributed by atoms with Gasteiger partial charge in [0.15, 0.2) is 0 Å². The van der Waals surface area contributed by atoms with Crippen molar-refractivity contribution in [1.82, 2.24) is 4.98 Å².